The summed E-state index contributed by atoms with van der Waals surface area (Å²) in [6, 6.07) is 18.6. The van der Waals surface area contributed by atoms with E-state index in [1.807, 2.05) is 25.1 Å². The Morgan fingerprint density at radius 2 is 1.94 bits per heavy atom. The highest BCUT2D eigenvalue weighted by molar-refractivity contribution is 6.30. The van der Waals surface area contributed by atoms with Gasteiger partial charge in [0.25, 0.3) is 11.6 Å². The molecule has 1 N–H and O–H groups in total. The molecule has 0 aliphatic carbocycles. The number of nitro groups is 1. The second-order valence-corrected chi connectivity index (χ2v) is 7.90. The summed E-state index contributed by atoms with van der Waals surface area (Å²) in [5.74, 6) is 0.163. The number of benzene rings is 3. The molecule has 9 heteroatoms. The van der Waals surface area contributed by atoms with Gasteiger partial charge in [-0.1, -0.05) is 35.9 Å². The molecular weight excluding hydrogens is 470 g/mol. The molecule has 0 aromatic heterocycles. The largest absolute Gasteiger partial charge is 0.490 e. The maximum Gasteiger partial charge on any atom is 0.293 e. The summed E-state index contributed by atoms with van der Waals surface area (Å²) in [6.07, 6.45) is 1.37. The molecule has 0 fully saturated rings. The van der Waals surface area contributed by atoms with Crippen LogP contribution in [0.15, 0.2) is 66.2 Å². The van der Waals surface area contributed by atoms with E-state index in [1.165, 1.54) is 18.2 Å². The summed E-state index contributed by atoms with van der Waals surface area (Å²) in [4.78, 5) is 23.4. The van der Waals surface area contributed by atoms with Crippen LogP contribution in [0.1, 0.15) is 23.6 Å². The van der Waals surface area contributed by atoms with Crippen LogP contribution in [0.5, 0.6) is 11.5 Å². The fourth-order valence-corrected chi connectivity index (χ4v) is 3.41. The molecule has 178 valence electrons. The Kier molecular flexibility index (Phi) is 8.43. The molecule has 3 aromatic rings. The Bertz CT molecular complexity index is 1330. The molecule has 0 heterocycles. The topological polar surface area (TPSA) is 114 Å². The molecule has 35 heavy (non-hydrogen) atoms. The normalized spacial score (nSPS) is 10.9. The molecule has 0 saturated heterocycles. The average molecular weight is 492 g/mol. The van der Waals surface area contributed by atoms with Crippen molar-refractivity contribution >= 4 is 35.0 Å². The van der Waals surface area contributed by atoms with Crippen LogP contribution in [-0.4, -0.2) is 17.4 Å². The van der Waals surface area contributed by atoms with Crippen molar-refractivity contribution < 1.29 is 19.2 Å². The number of nitriles is 1. The Morgan fingerprint density at radius 3 is 2.63 bits per heavy atom. The fraction of sp³-hybridized carbons (Fsp3) is 0.154. The predicted molar refractivity (Wildman–Crippen MR) is 133 cm³/mol. The number of nitrogens with one attached hydrogen (secondary N) is 1. The lowest BCUT2D eigenvalue weighted by Crippen LogP contribution is -2.14. The van der Waals surface area contributed by atoms with Gasteiger partial charge in [-0.2, -0.15) is 5.26 Å². The Hall–Kier alpha value is -4.35. The number of rotatable bonds is 9. The average Bonchev–Trinajstić information content (AvgIpc) is 2.83. The van der Waals surface area contributed by atoms with Crippen molar-refractivity contribution in [1.82, 2.24) is 0 Å². The van der Waals surface area contributed by atoms with E-state index >= 15 is 0 Å². The number of carbonyl (C=O) groups is 1. The van der Waals surface area contributed by atoms with E-state index in [9.17, 15) is 20.2 Å². The van der Waals surface area contributed by atoms with Crippen LogP contribution >= 0.6 is 11.6 Å². The SMILES string of the molecule is CCOc1cc(/C=C(\C#N)C(=O)Nc2ccc(C)cc2[N+](=O)[O-])ccc1OCc1cccc(Cl)c1. The third kappa shape index (κ3) is 6.82. The Labute approximate surface area is 207 Å². The van der Waals surface area contributed by atoms with E-state index in [0.717, 1.165) is 5.56 Å². The van der Waals surface area contributed by atoms with E-state index < -0.39 is 10.8 Å². The molecule has 3 rings (SSSR count). The van der Waals surface area contributed by atoms with Gasteiger partial charge in [0.1, 0.15) is 23.9 Å². The molecule has 0 aliphatic heterocycles. The van der Waals surface area contributed by atoms with Gasteiger partial charge >= 0.3 is 0 Å². The van der Waals surface area contributed by atoms with Gasteiger partial charge < -0.3 is 14.8 Å². The van der Waals surface area contributed by atoms with Gasteiger partial charge in [0.05, 0.1) is 11.5 Å². The Balaban J connectivity index is 1.82. The first-order chi connectivity index (χ1) is 16.8. The zero-order valence-electron chi connectivity index (χ0n) is 19.1. The monoisotopic (exact) mass is 491 g/mol. The molecule has 8 nitrogen and oxygen atoms in total. The minimum absolute atomic E-state index is 0.00604. The van der Waals surface area contributed by atoms with E-state index in [0.29, 0.717) is 34.3 Å². The first-order valence-corrected chi connectivity index (χ1v) is 11.0. The van der Waals surface area contributed by atoms with Crippen molar-refractivity contribution in [2.45, 2.75) is 20.5 Å². The van der Waals surface area contributed by atoms with Crippen LogP contribution in [0.3, 0.4) is 0 Å². The first-order valence-electron chi connectivity index (χ1n) is 10.6. The van der Waals surface area contributed by atoms with E-state index in [1.54, 1.807) is 43.3 Å². The summed E-state index contributed by atoms with van der Waals surface area (Å²) in [5.41, 5.74) is 1.61. The zero-order chi connectivity index (χ0) is 25.4. The van der Waals surface area contributed by atoms with Crippen molar-refractivity contribution in [2.24, 2.45) is 0 Å². The maximum atomic E-state index is 12.7. The summed E-state index contributed by atoms with van der Waals surface area (Å²) in [7, 11) is 0. The first kappa shape index (κ1) is 25.3. The molecule has 0 radical (unpaired) electrons. The molecule has 0 spiro atoms. The van der Waals surface area contributed by atoms with Gasteiger partial charge in [0.2, 0.25) is 0 Å². The third-order valence-electron chi connectivity index (χ3n) is 4.83. The van der Waals surface area contributed by atoms with Crippen molar-refractivity contribution in [3.63, 3.8) is 0 Å². The molecular formula is C26H22ClN3O5. The van der Waals surface area contributed by atoms with Crippen molar-refractivity contribution in [1.29, 1.82) is 5.26 Å². The summed E-state index contributed by atoms with van der Waals surface area (Å²) < 4.78 is 11.6. The van der Waals surface area contributed by atoms with Crippen molar-refractivity contribution in [2.75, 3.05) is 11.9 Å². The third-order valence-corrected chi connectivity index (χ3v) is 5.06. The van der Waals surface area contributed by atoms with E-state index in [-0.39, 0.29) is 23.6 Å². The summed E-state index contributed by atoms with van der Waals surface area (Å²) >= 11 is 6.02. The van der Waals surface area contributed by atoms with Gasteiger partial charge in [0.15, 0.2) is 11.5 Å². The molecule has 0 unspecified atom stereocenters. The van der Waals surface area contributed by atoms with Crippen LogP contribution in [-0.2, 0) is 11.4 Å². The predicted octanol–water partition coefficient (Wildman–Crippen LogP) is 6.08. The minimum Gasteiger partial charge on any atom is -0.490 e. The van der Waals surface area contributed by atoms with Crippen molar-refractivity contribution in [3.05, 3.63) is 98.1 Å². The van der Waals surface area contributed by atoms with Crippen LogP contribution in [0.4, 0.5) is 11.4 Å². The minimum atomic E-state index is -0.765. The smallest absolute Gasteiger partial charge is 0.293 e. The lowest BCUT2D eigenvalue weighted by atomic mass is 10.1. The number of amides is 1. The quantitative estimate of drug-likeness (QED) is 0.168. The van der Waals surface area contributed by atoms with Crippen LogP contribution < -0.4 is 14.8 Å². The van der Waals surface area contributed by atoms with E-state index in [2.05, 4.69) is 5.32 Å². The number of carbonyl (C=O) groups excluding carboxylic acids is 1. The fourth-order valence-electron chi connectivity index (χ4n) is 3.19. The number of nitrogens with zero attached hydrogens (tertiary/aromatic N) is 2. The van der Waals surface area contributed by atoms with Crippen LogP contribution in [0.25, 0.3) is 6.08 Å². The summed E-state index contributed by atoms with van der Waals surface area (Å²) in [5, 5.41) is 23.9. The van der Waals surface area contributed by atoms with Gasteiger partial charge in [-0.05, 0) is 66.9 Å². The lowest BCUT2D eigenvalue weighted by molar-refractivity contribution is -0.384. The van der Waals surface area contributed by atoms with Crippen molar-refractivity contribution in [3.8, 4) is 17.6 Å². The lowest BCUT2D eigenvalue weighted by Gasteiger charge is -2.13. The highest BCUT2D eigenvalue weighted by Gasteiger charge is 2.18. The van der Waals surface area contributed by atoms with Gasteiger partial charge in [-0.15, -0.1) is 0 Å². The highest BCUT2D eigenvalue weighted by atomic mass is 35.5. The molecule has 3 aromatic carbocycles. The number of nitro benzene ring substituents is 1. The molecule has 0 aliphatic rings. The number of hydrogen-bond donors (Lipinski definition) is 1. The summed E-state index contributed by atoms with van der Waals surface area (Å²) in [6.45, 7) is 4.18. The number of hydrogen-bond acceptors (Lipinski definition) is 6. The van der Waals surface area contributed by atoms with Gasteiger partial charge in [-0.3, -0.25) is 14.9 Å². The number of aryl methyl sites for hydroxylation is 1. The van der Waals surface area contributed by atoms with E-state index in [4.69, 9.17) is 21.1 Å². The van der Waals surface area contributed by atoms with Crippen LogP contribution in [0, 0.1) is 28.4 Å². The number of halogens is 1. The number of anilines is 1. The Morgan fingerprint density at radius 1 is 1.14 bits per heavy atom. The molecule has 0 saturated carbocycles. The maximum absolute atomic E-state index is 12.7. The molecule has 0 atom stereocenters. The van der Waals surface area contributed by atoms with Gasteiger partial charge in [0, 0.05) is 11.1 Å². The second kappa shape index (κ2) is 11.7. The standard InChI is InChI=1S/C26H22ClN3O5/c1-3-34-25-14-18(8-10-24(25)35-16-19-5-4-6-21(27)13-19)12-20(15-28)26(31)29-22-9-7-17(2)11-23(22)30(32)33/h4-14H,3,16H2,1-2H3,(H,29,31)/b20-12+. The van der Waals surface area contributed by atoms with Crippen LogP contribution in [0.2, 0.25) is 5.02 Å². The zero-order valence-corrected chi connectivity index (χ0v) is 19.8. The highest BCUT2D eigenvalue weighted by Crippen LogP contribution is 2.31. The van der Waals surface area contributed by atoms with Gasteiger partial charge in [-0.25, -0.2) is 0 Å². The second-order valence-electron chi connectivity index (χ2n) is 7.46. The molecule has 1 amide bonds. The number of ether oxygens (including phenoxy) is 2. The molecule has 0 bridgehead atoms.